The third-order valence-corrected chi connectivity index (χ3v) is 7.80. The van der Waals surface area contributed by atoms with E-state index in [1.165, 1.54) is 18.6 Å². The first kappa shape index (κ1) is 17.7. The van der Waals surface area contributed by atoms with E-state index < -0.39 is 11.9 Å². The minimum atomic E-state index is -1.08. The van der Waals surface area contributed by atoms with Gasteiger partial charge in [0, 0.05) is 22.6 Å². The second-order valence-electron chi connectivity index (χ2n) is 9.17. The molecule has 2 heterocycles. The maximum absolute atomic E-state index is 12.4. The van der Waals surface area contributed by atoms with Crippen LogP contribution in [-0.2, 0) is 10.8 Å². The zero-order valence-corrected chi connectivity index (χ0v) is 16.3. The molecule has 0 bridgehead atoms. The molecule has 4 aliphatic rings. The van der Waals surface area contributed by atoms with E-state index in [0.717, 1.165) is 38.5 Å². The van der Waals surface area contributed by atoms with Crippen LogP contribution in [0, 0.1) is 11.8 Å². The fourth-order valence-corrected chi connectivity index (χ4v) is 6.25. The summed E-state index contributed by atoms with van der Waals surface area (Å²) in [4.78, 5) is 37.8. The molecule has 0 amide bonds. The number of carboxylic acid groups (broad SMARTS) is 2. The molecule has 3 saturated carbocycles. The van der Waals surface area contributed by atoms with Crippen LogP contribution in [0.25, 0.3) is 11.4 Å². The number of fused-ring (bicyclic) bond motifs is 2. The molecular weight excluding hydrogens is 382 g/mol. The van der Waals surface area contributed by atoms with E-state index in [1.807, 2.05) is 0 Å². The zero-order chi connectivity index (χ0) is 20.7. The molecule has 4 aliphatic carbocycles. The fraction of sp³-hybridized carbons (Fsp3) is 0.435. The summed E-state index contributed by atoms with van der Waals surface area (Å²) in [7, 11) is 0. The van der Waals surface area contributed by atoms with E-state index in [-0.39, 0.29) is 27.7 Å². The number of hydrogen-bond donors (Lipinski definition) is 2. The van der Waals surface area contributed by atoms with Gasteiger partial charge in [-0.25, -0.2) is 19.6 Å². The van der Waals surface area contributed by atoms with Gasteiger partial charge in [-0.15, -0.1) is 0 Å². The van der Waals surface area contributed by atoms with E-state index in [1.54, 1.807) is 0 Å². The van der Waals surface area contributed by atoms with Crippen molar-refractivity contribution in [1.82, 2.24) is 15.0 Å². The number of aromatic carboxylic acids is 2. The quantitative estimate of drug-likeness (QED) is 0.733. The van der Waals surface area contributed by atoms with Crippen molar-refractivity contribution in [2.45, 2.75) is 49.4 Å². The van der Waals surface area contributed by atoms with Gasteiger partial charge in [-0.05, 0) is 50.0 Å². The SMILES string of the molecule is O=C(O)c1ccnc(-c2ncnc(C34CCCC3C4)c2C(=O)O)c1C12C=CCC1C2. The smallest absolute Gasteiger partial charge is 0.339 e. The van der Waals surface area contributed by atoms with E-state index >= 15 is 0 Å². The molecule has 2 aromatic rings. The van der Waals surface area contributed by atoms with Gasteiger partial charge >= 0.3 is 11.9 Å². The summed E-state index contributed by atoms with van der Waals surface area (Å²) in [6.07, 6.45) is 12.9. The summed E-state index contributed by atoms with van der Waals surface area (Å²) in [5.41, 5.74) is 1.54. The van der Waals surface area contributed by atoms with E-state index in [9.17, 15) is 19.8 Å². The highest BCUT2D eigenvalue weighted by Gasteiger charge is 2.61. The van der Waals surface area contributed by atoms with Gasteiger partial charge in [0.25, 0.3) is 0 Å². The van der Waals surface area contributed by atoms with Crippen LogP contribution < -0.4 is 0 Å². The number of aromatic nitrogens is 3. The van der Waals surface area contributed by atoms with Gasteiger partial charge in [0.1, 0.15) is 17.6 Å². The predicted molar refractivity (Wildman–Crippen MR) is 106 cm³/mol. The van der Waals surface area contributed by atoms with Crippen LogP contribution in [0.5, 0.6) is 0 Å². The number of nitrogens with zero attached hydrogens (tertiary/aromatic N) is 3. The minimum Gasteiger partial charge on any atom is -0.478 e. The monoisotopic (exact) mass is 403 g/mol. The first-order valence-corrected chi connectivity index (χ1v) is 10.5. The van der Waals surface area contributed by atoms with Crippen LogP contribution in [0.4, 0.5) is 0 Å². The number of allylic oxidation sites excluding steroid dienone is 2. The lowest BCUT2D eigenvalue weighted by molar-refractivity contribution is 0.0684. The van der Waals surface area contributed by atoms with Crippen LogP contribution in [0.1, 0.15) is 70.5 Å². The Labute approximate surface area is 172 Å². The van der Waals surface area contributed by atoms with E-state index in [0.29, 0.717) is 28.8 Å². The molecule has 30 heavy (non-hydrogen) atoms. The van der Waals surface area contributed by atoms with Crippen molar-refractivity contribution in [3.8, 4) is 11.4 Å². The van der Waals surface area contributed by atoms with Gasteiger partial charge in [-0.1, -0.05) is 18.6 Å². The van der Waals surface area contributed by atoms with E-state index in [2.05, 4.69) is 27.1 Å². The Morgan fingerprint density at radius 2 is 1.90 bits per heavy atom. The Morgan fingerprint density at radius 3 is 2.50 bits per heavy atom. The lowest BCUT2D eigenvalue weighted by Gasteiger charge is -2.21. The van der Waals surface area contributed by atoms with Crippen LogP contribution in [0.15, 0.2) is 30.7 Å². The van der Waals surface area contributed by atoms with Gasteiger partial charge in [-0.2, -0.15) is 0 Å². The molecule has 7 heteroatoms. The topological polar surface area (TPSA) is 113 Å². The third-order valence-electron chi connectivity index (χ3n) is 7.80. The Kier molecular flexibility index (Phi) is 3.40. The number of hydrogen-bond acceptors (Lipinski definition) is 5. The highest BCUT2D eigenvalue weighted by atomic mass is 16.4. The molecule has 152 valence electrons. The normalized spacial score (nSPS) is 32.5. The fourth-order valence-electron chi connectivity index (χ4n) is 6.25. The van der Waals surface area contributed by atoms with Crippen LogP contribution in [0.3, 0.4) is 0 Å². The second kappa shape index (κ2) is 5.74. The molecule has 4 unspecified atom stereocenters. The van der Waals surface area contributed by atoms with Crippen LogP contribution in [0.2, 0.25) is 0 Å². The first-order valence-electron chi connectivity index (χ1n) is 10.5. The minimum absolute atomic E-state index is 0.0914. The molecule has 4 atom stereocenters. The van der Waals surface area contributed by atoms with Crippen LogP contribution in [-0.4, -0.2) is 37.1 Å². The summed E-state index contributed by atoms with van der Waals surface area (Å²) in [6.45, 7) is 0. The summed E-state index contributed by atoms with van der Waals surface area (Å²) >= 11 is 0. The van der Waals surface area contributed by atoms with Crippen molar-refractivity contribution in [3.63, 3.8) is 0 Å². The Morgan fingerprint density at radius 1 is 1.03 bits per heavy atom. The van der Waals surface area contributed by atoms with Gasteiger partial charge in [0.15, 0.2) is 0 Å². The zero-order valence-electron chi connectivity index (χ0n) is 16.3. The largest absolute Gasteiger partial charge is 0.478 e. The highest BCUT2D eigenvalue weighted by molar-refractivity contribution is 5.98. The van der Waals surface area contributed by atoms with Crippen molar-refractivity contribution in [3.05, 3.63) is 53.1 Å². The molecule has 7 nitrogen and oxygen atoms in total. The maximum Gasteiger partial charge on any atom is 0.339 e. The van der Waals surface area contributed by atoms with Crippen molar-refractivity contribution < 1.29 is 19.8 Å². The average Bonchev–Trinajstić information content (AvgIpc) is 3.54. The average molecular weight is 403 g/mol. The Bertz CT molecular complexity index is 1160. The molecule has 3 fully saturated rings. The van der Waals surface area contributed by atoms with Crippen molar-refractivity contribution in [1.29, 1.82) is 0 Å². The Hall–Kier alpha value is -3.09. The molecule has 2 aromatic heterocycles. The number of pyridine rings is 1. The van der Waals surface area contributed by atoms with Gasteiger partial charge in [0.2, 0.25) is 0 Å². The van der Waals surface area contributed by atoms with Crippen LogP contribution >= 0.6 is 0 Å². The summed E-state index contributed by atoms with van der Waals surface area (Å²) in [5, 5.41) is 20.1. The summed E-state index contributed by atoms with van der Waals surface area (Å²) in [5.74, 6) is -1.28. The third kappa shape index (κ3) is 2.18. The molecular formula is C23H21N3O4. The predicted octanol–water partition coefficient (Wildman–Crippen LogP) is 3.59. The van der Waals surface area contributed by atoms with Gasteiger partial charge in [-0.3, -0.25) is 4.98 Å². The molecule has 0 radical (unpaired) electrons. The van der Waals surface area contributed by atoms with Gasteiger partial charge in [0.05, 0.1) is 17.0 Å². The maximum atomic E-state index is 12.4. The Balaban J connectivity index is 1.61. The van der Waals surface area contributed by atoms with Gasteiger partial charge < -0.3 is 10.2 Å². The number of carbonyl (C=O) groups is 2. The molecule has 0 aromatic carbocycles. The lowest BCUT2D eigenvalue weighted by atomic mass is 9.86. The lowest BCUT2D eigenvalue weighted by Crippen LogP contribution is -2.20. The van der Waals surface area contributed by atoms with E-state index in [4.69, 9.17) is 0 Å². The molecule has 6 rings (SSSR count). The summed E-state index contributed by atoms with van der Waals surface area (Å²) in [6, 6.07) is 1.51. The van der Waals surface area contributed by atoms with Crippen molar-refractivity contribution in [2.75, 3.05) is 0 Å². The summed E-state index contributed by atoms with van der Waals surface area (Å²) < 4.78 is 0. The molecule has 0 spiro atoms. The van der Waals surface area contributed by atoms with Crippen molar-refractivity contribution in [2.24, 2.45) is 11.8 Å². The molecule has 0 aliphatic heterocycles. The van der Waals surface area contributed by atoms with Crippen molar-refractivity contribution >= 4 is 11.9 Å². The highest BCUT2D eigenvalue weighted by Crippen LogP contribution is 2.65. The number of rotatable bonds is 5. The molecule has 0 saturated heterocycles. The number of carboxylic acids is 2. The standard InChI is InChI=1S/C23H21N3O4/c27-20(28)14-5-8-24-18(16(14)22-6-1-3-12(22)9-22)17-15(21(29)30)19(26-11-25-17)23-7-2-4-13(23)10-23/h1,5-6,8,11-13H,2-4,7,9-10H2,(H,27,28)(H,29,30). The first-order chi connectivity index (χ1) is 14.5. The molecule has 2 N–H and O–H groups in total. The second-order valence-corrected chi connectivity index (χ2v) is 9.17.